The second kappa shape index (κ2) is 3.42. The van der Waals surface area contributed by atoms with Gasteiger partial charge in [-0.15, -0.1) is 0 Å². The van der Waals surface area contributed by atoms with Crippen LogP contribution in [0.1, 0.15) is 5.56 Å². The van der Waals surface area contributed by atoms with E-state index in [2.05, 4.69) is 4.40 Å². The zero-order valence-electron chi connectivity index (χ0n) is 7.81. The Morgan fingerprint density at radius 1 is 1.21 bits per heavy atom. The predicted molar refractivity (Wildman–Crippen MR) is 53.5 cm³/mol. The highest BCUT2D eigenvalue weighted by molar-refractivity contribution is 7.84. The van der Waals surface area contributed by atoms with E-state index in [0.29, 0.717) is 16.4 Å². The maximum absolute atomic E-state index is 11.4. The van der Waals surface area contributed by atoms with E-state index in [4.69, 9.17) is 9.47 Å². The van der Waals surface area contributed by atoms with Gasteiger partial charge in [-0.2, -0.15) is 4.40 Å². The Kier molecular flexibility index (Phi) is 2.25. The van der Waals surface area contributed by atoms with E-state index < -0.39 is 11.0 Å². The summed E-state index contributed by atoms with van der Waals surface area (Å²) in [6, 6.07) is 3.46. The molecule has 2 rings (SSSR count). The topological polar surface area (TPSA) is 47.9 Å². The van der Waals surface area contributed by atoms with E-state index in [1.165, 1.54) is 0 Å². The normalized spacial score (nSPS) is 18.0. The van der Waals surface area contributed by atoms with Crippen molar-refractivity contribution in [2.45, 2.75) is 4.90 Å². The molecule has 0 saturated heterocycles. The van der Waals surface area contributed by atoms with E-state index in [1.807, 2.05) is 0 Å². The Labute approximate surface area is 84.2 Å². The first-order valence-corrected chi connectivity index (χ1v) is 5.09. The molecular formula is C9H9NO3S. The number of hydrogen-bond donors (Lipinski definition) is 0. The summed E-state index contributed by atoms with van der Waals surface area (Å²) < 4.78 is 25.3. The Bertz CT molecular complexity index is 428. The van der Waals surface area contributed by atoms with Gasteiger partial charge in [0.05, 0.1) is 19.1 Å². The summed E-state index contributed by atoms with van der Waals surface area (Å²) in [7, 11) is 1.82. The third-order valence-corrected chi connectivity index (χ3v) is 3.02. The summed E-state index contributed by atoms with van der Waals surface area (Å²) in [5.41, 5.74) is 0.820. The summed E-state index contributed by atoms with van der Waals surface area (Å²) in [4.78, 5) is 0.669. The van der Waals surface area contributed by atoms with E-state index in [-0.39, 0.29) is 0 Å². The van der Waals surface area contributed by atoms with Crippen LogP contribution in [0.3, 0.4) is 0 Å². The molecule has 0 saturated carbocycles. The highest BCUT2D eigenvalue weighted by Crippen LogP contribution is 2.33. The molecule has 4 nitrogen and oxygen atoms in total. The maximum atomic E-state index is 11.4. The Balaban J connectivity index is 2.58. The molecule has 1 atom stereocenters. The summed E-state index contributed by atoms with van der Waals surface area (Å²) in [5, 5.41) is 0. The lowest BCUT2D eigenvalue weighted by Crippen LogP contribution is -1.94. The summed E-state index contributed by atoms with van der Waals surface area (Å²) in [6.07, 6.45) is 1.58. The van der Waals surface area contributed by atoms with E-state index in [9.17, 15) is 4.21 Å². The second-order valence-corrected chi connectivity index (χ2v) is 3.88. The molecule has 0 aliphatic carbocycles. The molecule has 0 bridgehead atoms. The fraction of sp³-hybridized carbons (Fsp3) is 0.222. The first-order valence-electron chi connectivity index (χ1n) is 3.98. The van der Waals surface area contributed by atoms with Crippen molar-refractivity contribution < 1.29 is 13.7 Å². The molecule has 14 heavy (non-hydrogen) atoms. The van der Waals surface area contributed by atoms with Crippen molar-refractivity contribution >= 4 is 17.2 Å². The van der Waals surface area contributed by atoms with Crippen molar-refractivity contribution in [2.24, 2.45) is 4.40 Å². The van der Waals surface area contributed by atoms with Crippen molar-refractivity contribution in [3.05, 3.63) is 17.7 Å². The van der Waals surface area contributed by atoms with E-state index in [1.54, 1.807) is 32.6 Å². The van der Waals surface area contributed by atoms with Crippen LogP contribution in [0.5, 0.6) is 11.5 Å². The Morgan fingerprint density at radius 2 is 1.86 bits per heavy atom. The molecular weight excluding hydrogens is 202 g/mol. The van der Waals surface area contributed by atoms with Crippen molar-refractivity contribution in [3.63, 3.8) is 0 Å². The van der Waals surface area contributed by atoms with Gasteiger partial charge in [-0.1, -0.05) is 0 Å². The van der Waals surface area contributed by atoms with Gasteiger partial charge < -0.3 is 9.47 Å². The largest absolute Gasteiger partial charge is 0.493 e. The smallest absolute Gasteiger partial charge is 0.173 e. The number of benzene rings is 1. The zero-order valence-corrected chi connectivity index (χ0v) is 8.63. The molecule has 1 aromatic rings. The van der Waals surface area contributed by atoms with Crippen LogP contribution < -0.4 is 9.47 Å². The summed E-state index contributed by atoms with van der Waals surface area (Å²) in [5.74, 6) is 1.20. The van der Waals surface area contributed by atoms with Gasteiger partial charge in [-0.3, -0.25) is 0 Å². The molecule has 1 aromatic carbocycles. The lowest BCUT2D eigenvalue weighted by molar-refractivity contribution is 0.354. The van der Waals surface area contributed by atoms with Gasteiger partial charge >= 0.3 is 0 Å². The van der Waals surface area contributed by atoms with Gasteiger partial charge in [-0.25, -0.2) is 4.21 Å². The minimum Gasteiger partial charge on any atom is -0.493 e. The quantitative estimate of drug-likeness (QED) is 0.737. The first-order chi connectivity index (χ1) is 6.76. The van der Waals surface area contributed by atoms with Crippen LogP contribution >= 0.6 is 0 Å². The average Bonchev–Trinajstić information content (AvgIpc) is 2.58. The fourth-order valence-electron chi connectivity index (χ4n) is 1.29. The van der Waals surface area contributed by atoms with Gasteiger partial charge in [0.15, 0.2) is 22.5 Å². The second-order valence-electron chi connectivity index (χ2n) is 2.73. The third-order valence-electron chi connectivity index (χ3n) is 1.99. The van der Waals surface area contributed by atoms with Crippen molar-refractivity contribution in [1.82, 2.24) is 0 Å². The maximum Gasteiger partial charge on any atom is 0.173 e. The monoisotopic (exact) mass is 211 g/mol. The van der Waals surface area contributed by atoms with Crippen LogP contribution in [0.4, 0.5) is 0 Å². The van der Waals surface area contributed by atoms with Crippen LogP contribution in [0.2, 0.25) is 0 Å². The van der Waals surface area contributed by atoms with E-state index >= 15 is 0 Å². The van der Waals surface area contributed by atoms with Crippen molar-refractivity contribution in [1.29, 1.82) is 0 Å². The molecule has 0 fully saturated rings. The minimum absolute atomic E-state index is 0.574. The molecule has 1 heterocycles. The zero-order chi connectivity index (χ0) is 10.1. The van der Waals surface area contributed by atoms with Crippen LogP contribution in [-0.2, 0) is 11.0 Å². The standard InChI is InChI=1S/C9H9NO3S/c1-12-7-3-6-5-10-14(11)9(6)4-8(7)13-2/h3-5H,1-2H3. The average molecular weight is 211 g/mol. The highest BCUT2D eigenvalue weighted by Gasteiger charge is 2.18. The molecule has 1 aliphatic heterocycles. The first kappa shape index (κ1) is 9.21. The number of fused-ring (bicyclic) bond motifs is 1. The van der Waals surface area contributed by atoms with Crippen LogP contribution in [0.25, 0.3) is 0 Å². The third kappa shape index (κ3) is 1.29. The molecule has 0 amide bonds. The highest BCUT2D eigenvalue weighted by atomic mass is 32.2. The van der Waals surface area contributed by atoms with Gasteiger partial charge in [0.2, 0.25) is 0 Å². The number of ether oxygens (including phenoxy) is 2. The molecule has 1 aliphatic rings. The van der Waals surface area contributed by atoms with Gasteiger partial charge in [0, 0.05) is 17.8 Å². The lowest BCUT2D eigenvalue weighted by Gasteiger charge is -2.08. The van der Waals surface area contributed by atoms with Gasteiger partial charge in [-0.05, 0) is 6.07 Å². The number of hydrogen-bond acceptors (Lipinski definition) is 3. The minimum atomic E-state index is -1.29. The summed E-state index contributed by atoms with van der Waals surface area (Å²) in [6.45, 7) is 0. The molecule has 1 unspecified atom stereocenters. The van der Waals surface area contributed by atoms with E-state index in [0.717, 1.165) is 5.56 Å². The molecule has 74 valence electrons. The van der Waals surface area contributed by atoms with Crippen LogP contribution in [0.15, 0.2) is 21.4 Å². The lowest BCUT2D eigenvalue weighted by atomic mass is 10.2. The van der Waals surface area contributed by atoms with Gasteiger partial charge in [0.1, 0.15) is 0 Å². The molecule has 0 N–H and O–H groups in total. The number of rotatable bonds is 2. The Morgan fingerprint density at radius 3 is 2.50 bits per heavy atom. The summed E-state index contributed by atoms with van der Waals surface area (Å²) >= 11 is 0. The van der Waals surface area contributed by atoms with Crippen LogP contribution in [-0.4, -0.2) is 24.6 Å². The van der Waals surface area contributed by atoms with Crippen LogP contribution in [0, 0.1) is 0 Å². The Hall–Kier alpha value is -1.36. The van der Waals surface area contributed by atoms with Gasteiger partial charge in [0.25, 0.3) is 0 Å². The van der Waals surface area contributed by atoms with Crippen molar-refractivity contribution in [3.8, 4) is 11.5 Å². The van der Waals surface area contributed by atoms with Crippen molar-refractivity contribution in [2.75, 3.05) is 14.2 Å². The molecule has 0 aromatic heterocycles. The molecule has 5 heteroatoms. The molecule has 0 radical (unpaired) electrons. The SMILES string of the molecule is COc1cc2c(cc1OC)S(=O)N=C2. The fourth-order valence-corrected chi connectivity index (χ4v) is 2.13. The predicted octanol–water partition coefficient (Wildman–Crippen LogP) is 1.16. The number of nitrogens with zero attached hydrogens (tertiary/aromatic N) is 1. The molecule has 0 spiro atoms. The number of methoxy groups -OCH3 is 2.